The van der Waals surface area contributed by atoms with Crippen LogP contribution in [0.4, 0.5) is 0 Å². The summed E-state index contributed by atoms with van der Waals surface area (Å²) in [4.78, 5) is 25.6. The highest BCUT2D eigenvalue weighted by Crippen LogP contribution is 2.28. The molecule has 0 aliphatic heterocycles. The van der Waals surface area contributed by atoms with Gasteiger partial charge in [0.1, 0.15) is 12.4 Å². The molecule has 0 saturated carbocycles. The summed E-state index contributed by atoms with van der Waals surface area (Å²) in [5.41, 5.74) is 2.52. The predicted octanol–water partition coefficient (Wildman–Crippen LogP) is 7.07. The van der Waals surface area contributed by atoms with E-state index in [4.69, 9.17) is 9.47 Å². The second-order valence-electron chi connectivity index (χ2n) is 7.90. The SMILES string of the molecule is CCCCCCCCCC(=O)c1c(C(=O)OCC)ccc(OCc2ccccc2)c1C. The molecule has 0 aliphatic carbocycles. The lowest BCUT2D eigenvalue weighted by Gasteiger charge is -2.16. The maximum absolute atomic E-state index is 13.1. The standard InChI is InChI=1S/C27H36O4/c1-4-6-7-8-9-10-14-17-24(28)26-21(3)25(19-18-23(26)27(29)30-5-2)31-20-22-15-12-11-13-16-22/h11-13,15-16,18-19H,4-10,14,17,20H2,1-3H3. The van der Waals surface area contributed by atoms with Crippen molar-refractivity contribution in [1.29, 1.82) is 0 Å². The Kier molecular flexibility index (Phi) is 10.8. The minimum Gasteiger partial charge on any atom is -0.489 e. The van der Waals surface area contributed by atoms with Crippen LogP contribution >= 0.6 is 0 Å². The molecule has 0 aliphatic rings. The number of carbonyl (C=O) groups excluding carboxylic acids is 2. The van der Waals surface area contributed by atoms with Crippen LogP contribution < -0.4 is 4.74 Å². The molecule has 0 atom stereocenters. The maximum Gasteiger partial charge on any atom is 0.338 e. The third kappa shape index (κ3) is 7.86. The van der Waals surface area contributed by atoms with Crippen LogP contribution in [0.3, 0.4) is 0 Å². The van der Waals surface area contributed by atoms with E-state index in [1.807, 2.05) is 37.3 Å². The van der Waals surface area contributed by atoms with E-state index in [2.05, 4.69) is 6.92 Å². The summed E-state index contributed by atoms with van der Waals surface area (Å²) in [5.74, 6) is 0.155. The van der Waals surface area contributed by atoms with Crippen molar-refractivity contribution in [2.24, 2.45) is 0 Å². The first kappa shape index (κ1) is 24.6. The summed E-state index contributed by atoms with van der Waals surface area (Å²) in [5, 5.41) is 0. The molecule has 0 N–H and O–H groups in total. The number of benzene rings is 2. The molecule has 4 nitrogen and oxygen atoms in total. The summed E-state index contributed by atoms with van der Waals surface area (Å²) in [6.45, 7) is 6.50. The lowest BCUT2D eigenvalue weighted by Crippen LogP contribution is -2.14. The van der Waals surface area contributed by atoms with Gasteiger partial charge in [0.15, 0.2) is 5.78 Å². The van der Waals surface area contributed by atoms with Crippen LogP contribution in [0.1, 0.15) is 97.1 Å². The van der Waals surface area contributed by atoms with Gasteiger partial charge in [0.25, 0.3) is 0 Å². The quantitative estimate of drug-likeness (QED) is 0.185. The number of hydrogen-bond acceptors (Lipinski definition) is 4. The molecule has 0 unspecified atom stereocenters. The molecule has 0 aromatic heterocycles. The zero-order valence-corrected chi connectivity index (χ0v) is 19.2. The zero-order chi connectivity index (χ0) is 22.5. The monoisotopic (exact) mass is 424 g/mol. The number of Topliss-reactive ketones (excluding diaryl/α,β-unsaturated/α-hetero) is 1. The van der Waals surface area contributed by atoms with Gasteiger partial charge < -0.3 is 9.47 Å². The van der Waals surface area contributed by atoms with Gasteiger partial charge in [0.05, 0.1) is 12.2 Å². The molecular weight excluding hydrogens is 388 g/mol. The first-order chi connectivity index (χ1) is 15.1. The third-order valence-electron chi connectivity index (χ3n) is 5.43. The molecule has 0 spiro atoms. The molecule has 4 heteroatoms. The van der Waals surface area contributed by atoms with Crippen molar-refractivity contribution in [1.82, 2.24) is 0 Å². The van der Waals surface area contributed by atoms with Gasteiger partial charge in [-0.05, 0) is 38.0 Å². The first-order valence-corrected chi connectivity index (χ1v) is 11.6. The Bertz CT molecular complexity index is 827. The number of hydrogen-bond donors (Lipinski definition) is 0. The van der Waals surface area contributed by atoms with E-state index in [0.29, 0.717) is 35.5 Å². The van der Waals surface area contributed by atoms with E-state index < -0.39 is 5.97 Å². The molecule has 2 aromatic rings. The largest absolute Gasteiger partial charge is 0.489 e. The van der Waals surface area contributed by atoms with E-state index in [-0.39, 0.29) is 12.4 Å². The van der Waals surface area contributed by atoms with Crippen LogP contribution in [0, 0.1) is 6.92 Å². The van der Waals surface area contributed by atoms with Gasteiger partial charge in [-0.3, -0.25) is 4.79 Å². The molecule has 0 heterocycles. The molecule has 0 saturated heterocycles. The molecule has 0 fully saturated rings. The van der Waals surface area contributed by atoms with Gasteiger partial charge >= 0.3 is 5.97 Å². The number of esters is 1. The first-order valence-electron chi connectivity index (χ1n) is 11.6. The van der Waals surface area contributed by atoms with Crippen LogP contribution in [-0.2, 0) is 11.3 Å². The smallest absolute Gasteiger partial charge is 0.338 e. The second kappa shape index (κ2) is 13.6. The van der Waals surface area contributed by atoms with Crippen molar-refractivity contribution >= 4 is 11.8 Å². The topological polar surface area (TPSA) is 52.6 Å². The van der Waals surface area contributed by atoms with Crippen molar-refractivity contribution in [3.63, 3.8) is 0 Å². The summed E-state index contributed by atoms with van der Waals surface area (Å²) in [6.07, 6.45) is 8.44. The highest BCUT2D eigenvalue weighted by molar-refractivity contribution is 6.07. The van der Waals surface area contributed by atoms with Crippen LogP contribution in [0.2, 0.25) is 0 Å². The molecule has 31 heavy (non-hydrogen) atoms. The normalized spacial score (nSPS) is 10.7. The Morgan fingerprint density at radius 1 is 0.839 bits per heavy atom. The van der Waals surface area contributed by atoms with Crippen molar-refractivity contribution < 1.29 is 19.1 Å². The molecular formula is C27H36O4. The Balaban J connectivity index is 2.10. The molecule has 2 rings (SSSR count). The number of ketones is 1. The van der Waals surface area contributed by atoms with Crippen LogP contribution in [-0.4, -0.2) is 18.4 Å². The Labute approximate surface area is 187 Å². The Morgan fingerprint density at radius 2 is 1.52 bits per heavy atom. The predicted molar refractivity (Wildman–Crippen MR) is 125 cm³/mol. The Morgan fingerprint density at radius 3 is 2.19 bits per heavy atom. The van der Waals surface area contributed by atoms with Gasteiger partial charge in [-0.25, -0.2) is 4.79 Å². The lowest BCUT2D eigenvalue weighted by atomic mass is 9.94. The molecule has 0 amide bonds. The van der Waals surface area contributed by atoms with Crippen molar-refractivity contribution in [2.75, 3.05) is 6.61 Å². The van der Waals surface area contributed by atoms with Crippen molar-refractivity contribution in [2.45, 2.75) is 78.7 Å². The summed E-state index contributed by atoms with van der Waals surface area (Å²) >= 11 is 0. The summed E-state index contributed by atoms with van der Waals surface area (Å²) < 4.78 is 11.2. The minimum atomic E-state index is -0.455. The molecule has 168 valence electrons. The van der Waals surface area contributed by atoms with Crippen LogP contribution in [0.15, 0.2) is 42.5 Å². The number of rotatable bonds is 14. The molecule has 0 radical (unpaired) electrons. The molecule has 2 aromatic carbocycles. The van der Waals surface area contributed by atoms with Crippen LogP contribution in [0.25, 0.3) is 0 Å². The van der Waals surface area contributed by atoms with E-state index >= 15 is 0 Å². The van der Waals surface area contributed by atoms with E-state index in [1.54, 1.807) is 19.1 Å². The average molecular weight is 425 g/mol. The fourth-order valence-corrected chi connectivity index (χ4v) is 3.69. The van der Waals surface area contributed by atoms with Gasteiger partial charge in [0.2, 0.25) is 0 Å². The highest BCUT2D eigenvalue weighted by atomic mass is 16.5. The lowest BCUT2D eigenvalue weighted by molar-refractivity contribution is 0.0522. The Hall–Kier alpha value is -2.62. The molecule has 0 bridgehead atoms. The fourth-order valence-electron chi connectivity index (χ4n) is 3.69. The van der Waals surface area contributed by atoms with E-state index in [0.717, 1.165) is 24.8 Å². The fraction of sp³-hybridized carbons (Fsp3) is 0.481. The van der Waals surface area contributed by atoms with Crippen molar-refractivity contribution in [3.05, 3.63) is 64.7 Å². The average Bonchev–Trinajstić information content (AvgIpc) is 2.78. The van der Waals surface area contributed by atoms with E-state index in [9.17, 15) is 9.59 Å². The van der Waals surface area contributed by atoms with Gasteiger partial charge in [-0.2, -0.15) is 0 Å². The third-order valence-corrected chi connectivity index (χ3v) is 5.43. The second-order valence-corrected chi connectivity index (χ2v) is 7.90. The van der Waals surface area contributed by atoms with E-state index in [1.165, 1.54) is 25.7 Å². The van der Waals surface area contributed by atoms with Gasteiger partial charge in [-0.1, -0.05) is 75.8 Å². The van der Waals surface area contributed by atoms with Gasteiger partial charge in [0, 0.05) is 17.5 Å². The van der Waals surface area contributed by atoms with Crippen LogP contribution in [0.5, 0.6) is 5.75 Å². The summed E-state index contributed by atoms with van der Waals surface area (Å²) in [7, 11) is 0. The highest BCUT2D eigenvalue weighted by Gasteiger charge is 2.22. The number of unbranched alkanes of at least 4 members (excludes halogenated alkanes) is 6. The number of carbonyl (C=O) groups is 2. The number of ether oxygens (including phenoxy) is 2. The minimum absolute atomic E-state index is 0.0146. The summed E-state index contributed by atoms with van der Waals surface area (Å²) in [6, 6.07) is 13.3. The maximum atomic E-state index is 13.1. The zero-order valence-electron chi connectivity index (χ0n) is 19.2. The van der Waals surface area contributed by atoms with Crippen molar-refractivity contribution in [3.8, 4) is 5.75 Å². The van der Waals surface area contributed by atoms with Gasteiger partial charge in [-0.15, -0.1) is 0 Å².